The number of rotatable bonds is 1. The monoisotopic (exact) mass is 188 g/mol. The van der Waals surface area contributed by atoms with Gasteiger partial charge < -0.3 is 28.6 Å². The molecule has 0 N–H and O–H groups in total. The minimum absolute atomic E-state index is 0. The van der Waals surface area contributed by atoms with Crippen molar-refractivity contribution in [1.29, 1.82) is 10.5 Å². The molecule has 0 heterocycles. The normalized spacial score (nSPS) is 3.80. The van der Waals surface area contributed by atoms with Crippen LogP contribution in [0.25, 0.3) is 0 Å². The summed E-state index contributed by atoms with van der Waals surface area (Å²) in [5.74, 6) is 0. The molecule has 0 aromatic carbocycles. The van der Waals surface area contributed by atoms with Gasteiger partial charge in [0.1, 0.15) is 0 Å². The molecule has 0 aromatic rings. The maximum absolute atomic E-state index is 9.43. The molecular weight excluding hydrogens is 182 g/mol. The van der Waals surface area contributed by atoms with Crippen LogP contribution in [0.2, 0.25) is 0 Å². The molecule has 0 saturated carbocycles. The summed E-state index contributed by atoms with van der Waals surface area (Å²) < 4.78 is 0. The van der Waals surface area contributed by atoms with E-state index in [9.17, 15) is 4.79 Å². The van der Waals surface area contributed by atoms with Gasteiger partial charge in [0.05, 0.1) is 0 Å². The first kappa shape index (κ1) is 23.1. The molecule has 5 heteroatoms. The van der Waals surface area contributed by atoms with E-state index >= 15 is 0 Å². The summed E-state index contributed by atoms with van der Waals surface area (Å²) in [6.07, 6.45) is 0.750. The first-order valence-electron chi connectivity index (χ1n) is 1.84. The number of nitrogens with zero attached hydrogens (tertiary/aromatic N) is 3. The molecule has 0 atom stereocenters. The molecule has 0 aromatic heterocycles. The second kappa shape index (κ2) is 43.9. The fourth-order valence-electron chi connectivity index (χ4n) is 0. The van der Waals surface area contributed by atoms with Gasteiger partial charge in [-0.15, -0.1) is 0 Å². The van der Waals surface area contributed by atoms with E-state index in [1.165, 1.54) is 4.90 Å². The van der Waals surface area contributed by atoms with Gasteiger partial charge in [0.2, 0.25) is 6.41 Å². The molecule has 0 saturated heterocycles. The molecular formula is C5H7CuN3O. The standard InChI is InChI=1S/C3H7NO.2CN.Cu/c1-4(2)3-5;2*1-2;/h3H,1-2H3;;;/q;2*-1;+2. The van der Waals surface area contributed by atoms with E-state index in [-0.39, 0.29) is 17.1 Å². The van der Waals surface area contributed by atoms with Crippen LogP contribution >= 0.6 is 0 Å². The van der Waals surface area contributed by atoms with E-state index in [1.807, 2.05) is 0 Å². The van der Waals surface area contributed by atoms with Gasteiger partial charge in [0, 0.05) is 14.1 Å². The first-order valence-corrected chi connectivity index (χ1v) is 1.84. The van der Waals surface area contributed by atoms with E-state index in [0.29, 0.717) is 0 Å². The second-order valence-corrected chi connectivity index (χ2v) is 1.07. The van der Waals surface area contributed by atoms with E-state index in [2.05, 4.69) is 0 Å². The third-order valence-electron chi connectivity index (χ3n) is 0.211. The van der Waals surface area contributed by atoms with Gasteiger partial charge in [-0.25, -0.2) is 0 Å². The predicted octanol–water partition coefficient (Wildman–Crippen LogP) is -0.105. The van der Waals surface area contributed by atoms with Crippen LogP contribution in [0.3, 0.4) is 0 Å². The molecule has 0 aliphatic carbocycles. The number of hydrogen-bond donors (Lipinski definition) is 0. The van der Waals surface area contributed by atoms with Crippen molar-refractivity contribution in [2.75, 3.05) is 14.1 Å². The third-order valence-corrected chi connectivity index (χ3v) is 0.211. The second-order valence-electron chi connectivity index (χ2n) is 1.07. The van der Waals surface area contributed by atoms with Crippen LogP contribution in [0.1, 0.15) is 0 Å². The van der Waals surface area contributed by atoms with E-state index in [4.69, 9.17) is 23.7 Å². The largest absolute Gasteiger partial charge is 2.00 e. The van der Waals surface area contributed by atoms with Crippen molar-refractivity contribution in [1.82, 2.24) is 4.90 Å². The summed E-state index contributed by atoms with van der Waals surface area (Å²) in [4.78, 5) is 10.9. The Hall–Kier alpha value is -1.03. The molecule has 59 valence electrons. The topological polar surface area (TPSA) is 67.9 Å². The molecule has 1 radical (unpaired) electrons. The summed E-state index contributed by atoms with van der Waals surface area (Å²) >= 11 is 0. The van der Waals surface area contributed by atoms with Gasteiger partial charge in [0.15, 0.2) is 0 Å². The van der Waals surface area contributed by atoms with Crippen LogP contribution in [0.15, 0.2) is 0 Å². The smallest absolute Gasteiger partial charge is 0.512 e. The number of hydrogen-bond acceptors (Lipinski definition) is 3. The Balaban J connectivity index is -0.0000000315. The van der Waals surface area contributed by atoms with Gasteiger partial charge in [-0.1, -0.05) is 0 Å². The SMILES string of the molecule is CN(C)C=O.[C-]#N.[C-]#N.[Cu+2]. The average molecular weight is 189 g/mol. The molecule has 4 nitrogen and oxygen atoms in total. The van der Waals surface area contributed by atoms with Crippen molar-refractivity contribution in [2.24, 2.45) is 0 Å². The van der Waals surface area contributed by atoms with E-state index < -0.39 is 0 Å². The van der Waals surface area contributed by atoms with Gasteiger partial charge in [-0.3, -0.25) is 4.79 Å². The Morgan fingerprint density at radius 1 is 1.20 bits per heavy atom. The quantitative estimate of drug-likeness (QED) is 0.328. The number of amides is 1. The summed E-state index contributed by atoms with van der Waals surface area (Å²) in [5.41, 5.74) is 0. The molecule has 0 aliphatic heterocycles. The van der Waals surface area contributed by atoms with E-state index in [0.717, 1.165) is 6.41 Å². The van der Waals surface area contributed by atoms with Crippen molar-refractivity contribution >= 4 is 6.41 Å². The molecule has 10 heavy (non-hydrogen) atoms. The van der Waals surface area contributed by atoms with Crippen molar-refractivity contribution in [3.63, 3.8) is 0 Å². The van der Waals surface area contributed by atoms with Gasteiger partial charge >= 0.3 is 17.1 Å². The van der Waals surface area contributed by atoms with Crippen LogP contribution < -0.4 is 0 Å². The minimum atomic E-state index is 0. The maximum atomic E-state index is 9.43. The molecule has 0 aliphatic rings. The molecule has 0 spiro atoms. The third kappa shape index (κ3) is 264. The summed E-state index contributed by atoms with van der Waals surface area (Å²) in [6.45, 7) is 9.50. The zero-order valence-corrected chi connectivity index (χ0v) is 6.57. The zero-order chi connectivity index (χ0) is 8.28. The Kier molecular flexibility index (Phi) is 101. The Bertz CT molecular complexity index is 83.4. The van der Waals surface area contributed by atoms with E-state index in [1.54, 1.807) is 14.1 Å². The van der Waals surface area contributed by atoms with Crippen molar-refractivity contribution < 1.29 is 21.9 Å². The van der Waals surface area contributed by atoms with Crippen molar-refractivity contribution in [3.8, 4) is 0 Å². The molecule has 0 bridgehead atoms. The van der Waals surface area contributed by atoms with Gasteiger partial charge in [-0.2, -0.15) is 0 Å². The Labute approximate surface area is 71.5 Å². The van der Waals surface area contributed by atoms with Crippen molar-refractivity contribution in [3.05, 3.63) is 13.1 Å². The molecule has 1 amide bonds. The van der Waals surface area contributed by atoms with Crippen LogP contribution in [0.4, 0.5) is 0 Å². The van der Waals surface area contributed by atoms with Crippen LogP contribution in [0.5, 0.6) is 0 Å². The fraction of sp³-hybridized carbons (Fsp3) is 0.400. The number of carbonyl (C=O) groups is 1. The molecule has 0 fully saturated rings. The predicted molar refractivity (Wildman–Crippen MR) is 29.7 cm³/mol. The summed E-state index contributed by atoms with van der Waals surface area (Å²) in [5, 5.41) is 12.5. The first-order chi connectivity index (χ1) is 4.27. The summed E-state index contributed by atoms with van der Waals surface area (Å²) in [6, 6.07) is 0. The molecule has 0 rings (SSSR count). The molecule has 0 unspecified atom stereocenters. The summed E-state index contributed by atoms with van der Waals surface area (Å²) in [7, 11) is 3.38. The van der Waals surface area contributed by atoms with Crippen LogP contribution in [0, 0.1) is 23.7 Å². The van der Waals surface area contributed by atoms with Gasteiger partial charge in [0.25, 0.3) is 0 Å². The fourth-order valence-corrected chi connectivity index (χ4v) is 0. The van der Waals surface area contributed by atoms with Crippen LogP contribution in [-0.4, -0.2) is 25.4 Å². The van der Waals surface area contributed by atoms with Gasteiger partial charge in [-0.05, 0) is 0 Å². The number of carbonyl (C=O) groups excluding carboxylic acids is 1. The average Bonchev–Trinajstić information content (AvgIpc) is 1.97. The zero-order valence-electron chi connectivity index (χ0n) is 5.63. The Morgan fingerprint density at radius 3 is 1.30 bits per heavy atom. The maximum Gasteiger partial charge on any atom is 2.00 e. The Morgan fingerprint density at radius 2 is 1.30 bits per heavy atom. The minimum Gasteiger partial charge on any atom is -0.512 e. The van der Waals surface area contributed by atoms with Crippen molar-refractivity contribution in [2.45, 2.75) is 0 Å². The van der Waals surface area contributed by atoms with Crippen LogP contribution in [-0.2, 0) is 21.9 Å².